The molecule has 112 valence electrons. The van der Waals surface area contributed by atoms with Crippen molar-refractivity contribution < 1.29 is 17.2 Å². The van der Waals surface area contributed by atoms with Crippen LogP contribution < -0.4 is 10.5 Å². The summed E-state index contributed by atoms with van der Waals surface area (Å²) in [4.78, 5) is -0.714. The number of halogens is 3. The monoisotopic (exact) mass is 332 g/mol. The molecule has 0 radical (unpaired) electrons. The Labute approximate surface area is 125 Å². The van der Waals surface area contributed by atoms with Gasteiger partial charge in [-0.25, -0.2) is 21.9 Å². The molecular formula is C13H11ClF2N2O2S. The van der Waals surface area contributed by atoms with Crippen molar-refractivity contribution in [3.8, 4) is 0 Å². The third-order valence-electron chi connectivity index (χ3n) is 2.79. The lowest BCUT2D eigenvalue weighted by Gasteiger charge is -2.10. The Bertz CT molecular complexity index is 782. The van der Waals surface area contributed by atoms with Gasteiger partial charge in [-0.3, -0.25) is 0 Å². The third kappa shape index (κ3) is 3.31. The van der Waals surface area contributed by atoms with Crippen LogP contribution >= 0.6 is 11.6 Å². The minimum absolute atomic E-state index is 0.126. The molecule has 0 bridgehead atoms. The van der Waals surface area contributed by atoms with Gasteiger partial charge in [0.15, 0.2) is 5.82 Å². The predicted molar refractivity (Wildman–Crippen MR) is 76.2 cm³/mol. The van der Waals surface area contributed by atoms with Crippen molar-refractivity contribution in [2.45, 2.75) is 11.4 Å². The fourth-order valence-corrected chi connectivity index (χ4v) is 2.95. The molecule has 0 aliphatic heterocycles. The van der Waals surface area contributed by atoms with E-state index in [9.17, 15) is 17.2 Å². The summed E-state index contributed by atoms with van der Waals surface area (Å²) in [7, 11) is -4.18. The summed E-state index contributed by atoms with van der Waals surface area (Å²) in [5.41, 5.74) is 4.84. The van der Waals surface area contributed by atoms with Crippen molar-refractivity contribution in [1.82, 2.24) is 4.72 Å². The molecule has 0 saturated carbocycles. The first kappa shape index (κ1) is 15.7. The maximum Gasteiger partial charge on any atom is 0.243 e. The summed E-state index contributed by atoms with van der Waals surface area (Å²) in [5.74, 6) is -2.33. The number of sulfonamides is 1. The molecule has 0 atom stereocenters. The average molecular weight is 333 g/mol. The van der Waals surface area contributed by atoms with E-state index in [0.717, 1.165) is 12.1 Å². The Balaban J connectivity index is 2.28. The van der Waals surface area contributed by atoms with Gasteiger partial charge in [-0.05, 0) is 23.8 Å². The van der Waals surface area contributed by atoms with Crippen LogP contribution in [0.2, 0.25) is 5.02 Å². The minimum Gasteiger partial charge on any atom is -0.394 e. The van der Waals surface area contributed by atoms with Crippen LogP contribution in [-0.2, 0) is 16.6 Å². The van der Waals surface area contributed by atoms with Crippen LogP contribution in [0.15, 0.2) is 41.3 Å². The van der Waals surface area contributed by atoms with Crippen LogP contribution in [0.3, 0.4) is 0 Å². The van der Waals surface area contributed by atoms with Gasteiger partial charge in [-0.2, -0.15) is 0 Å². The Kier molecular flexibility index (Phi) is 4.46. The number of rotatable bonds is 4. The summed E-state index contributed by atoms with van der Waals surface area (Å²) in [5, 5.41) is 0.374. The normalized spacial score (nSPS) is 11.6. The molecule has 0 fully saturated rings. The highest BCUT2D eigenvalue weighted by atomic mass is 35.5. The van der Waals surface area contributed by atoms with Crippen molar-refractivity contribution in [2.24, 2.45) is 0 Å². The molecule has 0 spiro atoms. The lowest BCUT2D eigenvalue weighted by molar-refractivity contribution is 0.548. The van der Waals surface area contributed by atoms with Gasteiger partial charge < -0.3 is 5.73 Å². The van der Waals surface area contributed by atoms with Crippen LogP contribution in [0, 0.1) is 11.6 Å². The second kappa shape index (κ2) is 5.97. The molecule has 8 heteroatoms. The van der Waals surface area contributed by atoms with E-state index in [1.54, 1.807) is 24.3 Å². The number of nitrogens with one attached hydrogen (secondary N) is 1. The summed E-state index contributed by atoms with van der Waals surface area (Å²) in [6.45, 7) is -0.126. The topological polar surface area (TPSA) is 72.2 Å². The maximum atomic E-state index is 13.8. The van der Waals surface area contributed by atoms with Gasteiger partial charge in [0.05, 0.1) is 0 Å². The SMILES string of the molecule is Nc1c(F)ccc(S(=O)(=O)NCc2ccccc2Cl)c1F. The number of nitrogens with two attached hydrogens (primary N) is 1. The predicted octanol–water partition coefficient (Wildman–Crippen LogP) is 2.68. The second-order valence-electron chi connectivity index (χ2n) is 4.19. The molecule has 4 nitrogen and oxygen atoms in total. The smallest absolute Gasteiger partial charge is 0.243 e. The molecule has 0 aromatic heterocycles. The lowest BCUT2D eigenvalue weighted by atomic mass is 10.2. The fourth-order valence-electron chi connectivity index (χ4n) is 1.65. The third-order valence-corrected chi connectivity index (χ3v) is 4.58. The van der Waals surface area contributed by atoms with E-state index in [0.29, 0.717) is 10.6 Å². The molecule has 0 heterocycles. The van der Waals surface area contributed by atoms with E-state index in [1.807, 2.05) is 0 Å². The summed E-state index contributed by atoms with van der Waals surface area (Å²) >= 11 is 5.90. The molecule has 2 aromatic carbocycles. The maximum absolute atomic E-state index is 13.8. The molecule has 2 aromatic rings. The molecule has 0 unspecified atom stereocenters. The fraction of sp³-hybridized carbons (Fsp3) is 0.0769. The zero-order chi connectivity index (χ0) is 15.6. The minimum atomic E-state index is -4.18. The molecule has 0 aliphatic rings. The Hall–Kier alpha value is -1.70. The highest BCUT2D eigenvalue weighted by Gasteiger charge is 2.22. The van der Waals surface area contributed by atoms with Gasteiger partial charge in [0.25, 0.3) is 0 Å². The van der Waals surface area contributed by atoms with Crippen LogP contribution in [-0.4, -0.2) is 8.42 Å². The van der Waals surface area contributed by atoms with Gasteiger partial charge in [0.2, 0.25) is 10.0 Å². The standard InChI is InChI=1S/C13H11ClF2N2O2S/c14-9-4-2-1-3-8(9)7-18-21(19,20)11-6-5-10(15)13(17)12(11)16/h1-6,18H,7,17H2. The van der Waals surface area contributed by atoms with Crippen LogP contribution in [0.4, 0.5) is 14.5 Å². The number of nitrogen functional groups attached to an aromatic ring is 1. The largest absolute Gasteiger partial charge is 0.394 e. The zero-order valence-electron chi connectivity index (χ0n) is 10.6. The van der Waals surface area contributed by atoms with Crippen LogP contribution in [0.25, 0.3) is 0 Å². The van der Waals surface area contributed by atoms with E-state index < -0.39 is 32.2 Å². The molecule has 3 N–H and O–H groups in total. The van der Waals surface area contributed by atoms with Crippen molar-refractivity contribution in [3.63, 3.8) is 0 Å². The Morgan fingerprint density at radius 1 is 1.14 bits per heavy atom. The number of anilines is 1. The van der Waals surface area contributed by atoms with Gasteiger partial charge >= 0.3 is 0 Å². The van der Waals surface area contributed by atoms with Crippen molar-refractivity contribution in [1.29, 1.82) is 0 Å². The molecule has 0 aliphatic carbocycles. The Morgan fingerprint density at radius 3 is 2.48 bits per heavy atom. The summed E-state index contributed by atoms with van der Waals surface area (Å²) in [6, 6.07) is 8.22. The first-order valence-electron chi connectivity index (χ1n) is 5.79. The second-order valence-corrected chi connectivity index (χ2v) is 6.33. The molecule has 2 rings (SSSR count). The first-order chi connectivity index (χ1) is 9.83. The first-order valence-corrected chi connectivity index (χ1v) is 7.65. The van der Waals surface area contributed by atoms with Crippen molar-refractivity contribution >= 4 is 27.3 Å². The summed E-state index contributed by atoms with van der Waals surface area (Å²) in [6.07, 6.45) is 0. The molecule has 21 heavy (non-hydrogen) atoms. The van der Waals surface area contributed by atoms with Gasteiger partial charge in [-0.15, -0.1) is 0 Å². The van der Waals surface area contributed by atoms with Gasteiger partial charge in [0, 0.05) is 11.6 Å². The Morgan fingerprint density at radius 2 is 1.81 bits per heavy atom. The van der Waals surface area contributed by atoms with E-state index in [2.05, 4.69) is 4.72 Å². The van der Waals surface area contributed by atoms with E-state index >= 15 is 0 Å². The lowest BCUT2D eigenvalue weighted by Crippen LogP contribution is -2.24. The zero-order valence-corrected chi connectivity index (χ0v) is 12.2. The van der Waals surface area contributed by atoms with E-state index in [-0.39, 0.29) is 6.54 Å². The highest BCUT2D eigenvalue weighted by Crippen LogP contribution is 2.23. The number of hydrogen-bond donors (Lipinski definition) is 2. The molecular weight excluding hydrogens is 322 g/mol. The van der Waals surface area contributed by atoms with Crippen LogP contribution in [0.5, 0.6) is 0 Å². The highest BCUT2D eigenvalue weighted by molar-refractivity contribution is 7.89. The van der Waals surface area contributed by atoms with Crippen molar-refractivity contribution in [2.75, 3.05) is 5.73 Å². The average Bonchev–Trinajstić information content (AvgIpc) is 2.44. The van der Waals surface area contributed by atoms with Gasteiger partial charge in [0.1, 0.15) is 16.4 Å². The van der Waals surface area contributed by atoms with Crippen molar-refractivity contribution in [3.05, 3.63) is 58.6 Å². The van der Waals surface area contributed by atoms with Crippen LogP contribution in [0.1, 0.15) is 5.56 Å². The van der Waals surface area contributed by atoms with E-state index in [4.69, 9.17) is 17.3 Å². The molecule has 0 saturated heterocycles. The quantitative estimate of drug-likeness (QED) is 0.845. The van der Waals surface area contributed by atoms with Gasteiger partial charge in [-0.1, -0.05) is 29.8 Å². The summed E-state index contributed by atoms with van der Waals surface area (Å²) < 4.78 is 53.1. The molecule has 0 amide bonds. The number of hydrogen-bond acceptors (Lipinski definition) is 3. The van der Waals surface area contributed by atoms with E-state index in [1.165, 1.54) is 0 Å². The number of benzene rings is 2.